The van der Waals surface area contributed by atoms with Gasteiger partial charge < -0.3 is 14.7 Å². The van der Waals surface area contributed by atoms with E-state index in [-0.39, 0.29) is 35.9 Å². The molecule has 2 heterocycles. The van der Waals surface area contributed by atoms with Gasteiger partial charge in [0.15, 0.2) is 0 Å². The van der Waals surface area contributed by atoms with E-state index in [2.05, 4.69) is 0 Å². The first-order valence-corrected chi connectivity index (χ1v) is 7.49. The molecular formula is C15H19NO4. The van der Waals surface area contributed by atoms with Crippen molar-refractivity contribution in [2.75, 3.05) is 13.1 Å². The summed E-state index contributed by atoms with van der Waals surface area (Å²) in [6, 6.07) is 0. The number of nitrogens with zero attached hydrogens (tertiary/aromatic N) is 1. The van der Waals surface area contributed by atoms with Gasteiger partial charge >= 0.3 is 5.97 Å². The summed E-state index contributed by atoms with van der Waals surface area (Å²) in [4.78, 5) is 26.2. The molecule has 4 unspecified atom stereocenters. The maximum atomic E-state index is 12.8. The van der Waals surface area contributed by atoms with Gasteiger partial charge in [0, 0.05) is 13.1 Å². The molecule has 2 saturated heterocycles. The van der Waals surface area contributed by atoms with Gasteiger partial charge in [0.2, 0.25) is 5.91 Å². The minimum atomic E-state index is -0.823. The highest BCUT2D eigenvalue weighted by atomic mass is 16.5. The van der Waals surface area contributed by atoms with Gasteiger partial charge in [-0.05, 0) is 31.1 Å². The molecule has 4 rings (SSSR count). The van der Waals surface area contributed by atoms with Gasteiger partial charge in [-0.3, -0.25) is 9.59 Å². The van der Waals surface area contributed by atoms with Crippen molar-refractivity contribution in [2.24, 2.45) is 23.7 Å². The molecule has 5 nitrogen and oxygen atoms in total. The van der Waals surface area contributed by atoms with Crippen molar-refractivity contribution in [3.8, 4) is 0 Å². The third-order valence-corrected chi connectivity index (χ3v) is 5.38. The molecule has 0 aromatic heterocycles. The molecule has 0 aromatic carbocycles. The number of allylic oxidation sites excluding steroid dienone is 2. The molecule has 20 heavy (non-hydrogen) atoms. The first kappa shape index (κ1) is 12.4. The molecule has 1 N–H and O–H groups in total. The summed E-state index contributed by atoms with van der Waals surface area (Å²) in [6.07, 6.45) is 7.22. The van der Waals surface area contributed by atoms with Gasteiger partial charge in [-0.2, -0.15) is 0 Å². The Morgan fingerprint density at radius 3 is 2.25 bits per heavy atom. The van der Waals surface area contributed by atoms with Gasteiger partial charge in [-0.15, -0.1) is 0 Å². The molecule has 0 spiro atoms. The van der Waals surface area contributed by atoms with Crippen molar-refractivity contribution >= 4 is 11.9 Å². The van der Waals surface area contributed by atoms with Gasteiger partial charge in [0.1, 0.15) is 0 Å². The molecule has 4 aliphatic rings. The van der Waals surface area contributed by atoms with E-state index >= 15 is 0 Å². The van der Waals surface area contributed by atoms with Crippen LogP contribution in [-0.4, -0.2) is 47.2 Å². The van der Waals surface area contributed by atoms with Crippen LogP contribution < -0.4 is 0 Å². The van der Waals surface area contributed by atoms with Crippen LogP contribution in [0.3, 0.4) is 0 Å². The molecule has 1 saturated carbocycles. The lowest BCUT2D eigenvalue weighted by Gasteiger charge is -2.36. The van der Waals surface area contributed by atoms with Crippen LogP contribution in [0.4, 0.5) is 0 Å². The number of rotatable bonds is 2. The van der Waals surface area contributed by atoms with E-state index < -0.39 is 11.9 Å². The summed E-state index contributed by atoms with van der Waals surface area (Å²) < 4.78 is 5.75. The zero-order valence-electron chi connectivity index (χ0n) is 11.3. The highest BCUT2D eigenvalue weighted by Gasteiger charge is 2.53. The lowest BCUT2D eigenvalue weighted by Crippen LogP contribution is -2.50. The normalized spacial score (nSPS) is 45.1. The molecule has 2 aliphatic carbocycles. The predicted molar refractivity (Wildman–Crippen MR) is 69.8 cm³/mol. The van der Waals surface area contributed by atoms with E-state index in [0.29, 0.717) is 13.1 Å². The minimum Gasteiger partial charge on any atom is -0.481 e. The zero-order valence-corrected chi connectivity index (χ0v) is 11.3. The first-order valence-electron chi connectivity index (χ1n) is 7.49. The molecule has 0 aromatic rings. The average molecular weight is 277 g/mol. The van der Waals surface area contributed by atoms with Crippen LogP contribution in [-0.2, 0) is 14.3 Å². The molecule has 4 bridgehead atoms. The quantitative estimate of drug-likeness (QED) is 0.762. The van der Waals surface area contributed by atoms with Crippen LogP contribution in [0.25, 0.3) is 0 Å². The monoisotopic (exact) mass is 277 g/mol. The Morgan fingerprint density at radius 2 is 1.65 bits per heavy atom. The Balaban J connectivity index is 1.56. The fourth-order valence-electron chi connectivity index (χ4n) is 4.50. The predicted octanol–water partition coefficient (Wildman–Crippen LogP) is 0.899. The molecule has 0 radical (unpaired) electrons. The highest BCUT2D eigenvalue weighted by molar-refractivity contribution is 5.87. The fourth-order valence-corrected chi connectivity index (χ4v) is 4.50. The maximum Gasteiger partial charge on any atom is 0.307 e. The largest absolute Gasteiger partial charge is 0.481 e. The van der Waals surface area contributed by atoms with Crippen molar-refractivity contribution in [3.63, 3.8) is 0 Å². The smallest absolute Gasteiger partial charge is 0.307 e. The summed E-state index contributed by atoms with van der Waals surface area (Å²) in [5, 5.41) is 9.44. The number of hydrogen-bond acceptors (Lipinski definition) is 3. The van der Waals surface area contributed by atoms with Crippen LogP contribution >= 0.6 is 0 Å². The van der Waals surface area contributed by atoms with E-state index in [1.165, 1.54) is 0 Å². The van der Waals surface area contributed by atoms with Gasteiger partial charge in [-0.25, -0.2) is 0 Å². The number of ether oxygens (including phenoxy) is 1. The Hall–Kier alpha value is -1.36. The van der Waals surface area contributed by atoms with Crippen molar-refractivity contribution < 1.29 is 19.4 Å². The SMILES string of the molecule is O=C(O)[C@@H]1C2C=CC(C2)[C@@H]1C(=O)N1CC2CCC(C1)O2. The van der Waals surface area contributed by atoms with Gasteiger partial charge in [-0.1, -0.05) is 12.2 Å². The second kappa shape index (κ2) is 4.32. The van der Waals surface area contributed by atoms with Gasteiger partial charge in [0.25, 0.3) is 0 Å². The minimum absolute atomic E-state index is 0.0365. The topological polar surface area (TPSA) is 66.8 Å². The number of amides is 1. The molecule has 3 fully saturated rings. The third kappa shape index (κ3) is 1.72. The number of aliphatic carboxylic acids is 1. The number of carboxylic acid groups (broad SMARTS) is 1. The fraction of sp³-hybridized carbons (Fsp3) is 0.733. The Labute approximate surface area is 117 Å². The standard InChI is InChI=1S/C15H19NO4/c17-14(16-6-10-3-4-11(7-16)20-10)12-8-1-2-9(5-8)13(12)15(18)19/h1-2,8-13H,3-7H2,(H,18,19)/t8?,9?,10?,11?,12-,13+/m0/s1. The van der Waals surface area contributed by atoms with Gasteiger partial charge in [0.05, 0.1) is 24.0 Å². The third-order valence-electron chi connectivity index (χ3n) is 5.38. The number of carbonyl (C=O) groups excluding carboxylic acids is 1. The number of morpholine rings is 1. The molecular weight excluding hydrogens is 258 g/mol. The van der Waals surface area contributed by atoms with E-state index in [4.69, 9.17) is 4.74 Å². The Kier molecular flexibility index (Phi) is 2.67. The van der Waals surface area contributed by atoms with Crippen LogP contribution in [0.5, 0.6) is 0 Å². The maximum absolute atomic E-state index is 12.8. The van der Waals surface area contributed by atoms with Crippen molar-refractivity contribution in [1.82, 2.24) is 4.90 Å². The van der Waals surface area contributed by atoms with Crippen LogP contribution in [0.1, 0.15) is 19.3 Å². The lowest BCUT2D eigenvalue weighted by atomic mass is 9.82. The summed E-state index contributed by atoms with van der Waals surface area (Å²) in [7, 11) is 0. The number of likely N-dealkylation sites (tertiary alicyclic amines) is 1. The molecule has 2 aliphatic heterocycles. The summed E-state index contributed by atoms with van der Waals surface area (Å²) in [5.41, 5.74) is 0. The summed E-state index contributed by atoms with van der Waals surface area (Å²) in [5.74, 6) is -1.51. The number of carbonyl (C=O) groups is 2. The second-order valence-electron chi connectivity index (χ2n) is 6.54. The summed E-state index contributed by atoms with van der Waals surface area (Å²) in [6.45, 7) is 1.28. The lowest BCUT2D eigenvalue weighted by molar-refractivity contribution is -0.154. The molecule has 5 heteroatoms. The summed E-state index contributed by atoms with van der Waals surface area (Å²) >= 11 is 0. The van der Waals surface area contributed by atoms with Crippen molar-refractivity contribution in [2.45, 2.75) is 31.5 Å². The van der Waals surface area contributed by atoms with E-state index in [9.17, 15) is 14.7 Å². The number of hydrogen-bond donors (Lipinski definition) is 1. The number of fused-ring (bicyclic) bond motifs is 4. The van der Waals surface area contributed by atoms with Crippen LogP contribution in [0.15, 0.2) is 12.2 Å². The Bertz CT molecular complexity index is 476. The highest BCUT2D eigenvalue weighted by Crippen LogP contribution is 2.49. The molecule has 1 amide bonds. The second-order valence-corrected chi connectivity index (χ2v) is 6.54. The molecule has 108 valence electrons. The molecule has 6 atom stereocenters. The Morgan fingerprint density at radius 1 is 1.05 bits per heavy atom. The van der Waals surface area contributed by atoms with Crippen LogP contribution in [0, 0.1) is 23.7 Å². The van der Waals surface area contributed by atoms with Crippen molar-refractivity contribution in [1.29, 1.82) is 0 Å². The van der Waals surface area contributed by atoms with E-state index in [0.717, 1.165) is 19.3 Å². The van der Waals surface area contributed by atoms with E-state index in [1.807, 2.05) is 17.1 Å². The first-order chi connectivity index (χ1) is 9.63. The van der Waals surface area contributed by atoms with Crippen molar-refractivity contribution in [3.05, 3.63) is 12.2 Å². The van der Waals surface area contributed by atoms with E-state index in [1.54, 1.807) is 0 Å². The number of carboxylic acids is 1. The van der Waals surface area contributed by atoms with Crippen LogP contribution in [0.2, 0.25) is 0 Å². The average Bonchev–Trinajstić information content (AvgIpc) is 3.11. The zero-order chi connectivity index (χ0) is 13.9.